The maximum Gasteiger partial charge on any atom is 0.347 e. The molecule has 1 aromatic carbocycles. The molecule has 2 unspecified atom stereocenters. The lowest BCUT2D eigenvalue weighted by Crippen LogP contribution is -2.60. The Balaban J connectivity index is 1.18. The fraction of sp³-hybridized carbons (Fsp3) is 0.640. The van der Waals surface area contributed by atoms with Crippen molar-refractivity contribution in [2.75, 3.05) is 25.0 Å². The number of fused-ring (bicyclic) bond motifs is 1. The molecule has 3 heterocycles. The normalized spacial score (nSPS) is 32.4. The summed E-state index contributed by atoms with van der Waals surface area (Å²) in [6, 6.07) is 4.26. The highest BCUT2D eigenvalue weighted by molar-refractivity contribution is 6.02. The first kappa shape index (κ1) is 23.4. The first-order valence-corrected chi connectivity index (χ1v) is 12.6. The van der Waals surface area contributed by atoms with Crippen molar-refractivity contribution >= 4 is 23.4 Å². The van der Waals surface area contributed by atoms with Crippen LogP contribution in [-0.2, 0) is 20.9 Å². The molecule has 4 aliphatic rings. The molecule has 0 aromatic heterocycles. The maximum atomic E-state index is 13.6. The summed E-state index contributed by atoms with van der Waals surface area (Å²) in [6.07, 6.45) is 7.43. The zero-order chi connectivity index (χ0) is 23.7. The average Bonchev–Trinajstić information content (AvgIpc) is 3.10. The van der Waals surface area contributed by atoms with E-state index in [-0.39, 0.29) is 19.4 Å². The van der Waals surface area contributed by atoms with Crippen molar-refractivity contribution < 1.29 is 23.8 Å². The van der Waals surface area contributed by atoms with Crippen LogP contribution in [0, 0.1) is 11.1 Å². The quantitative estimate of drug-likeness (QED) is 0.331. The third-order valence-electron chi connectivity index (χ3n) is 7.90. The van der Waals surface area contributed by atoms with Crippen LogP contribution in [0.25, 0.3) is 0 Å². The van der Waals surface area contributed by atoms with E-state index in [0.717, 1.165) is 63.8 Å². The van der Waals surface area contributed by atoms with Gasteiger partial charge in [0.2, 0.25) is 5.91 Å². The number of anilines is 1. The predicted molar refractivity (Wildman–Crippen MR) is 125 cm³/mol. The van der Waals surface area contributed by atoms with Crippen LogP contribution in [0.15, 0.2) is 18.2 Å². The van der Waals surface area contributed by atoms with E-state index in [1.807, 2.05) is 6.07 Å². The number of ether oxygens (including phenoxy) is 1. The van der Waals surface area contributed by atoms with Crippen molar-refractivity contribution in [3.8, 4) is 0 Å². The van der Waals surface area contributed by atoms with Crippen molar-refractivity contribution in [1.82, 2.24) is 10.6 Å². The number of piperidine rings is 2. The summed E-state index contributed by atoms with van der Waals surface area (Å²) in [4.78, 5) is 36.9. The van der Waals surface area contributed by atoms with Crippen molar-refractivity contribution in [2.45, 2.75) is 76.2 Å². The second-order valence-electron chi connectivity index (χ2n) is 10.2. The number of nitrogens with zero attached hydrogens (tertiary/aromatic N) is 1. The minimum absolute atomic E-state index is 0.0808. The van der Waals surface area contributed by atoms with E-state index in [1.54, 1.807) is 12.1 Å². The van der Waals surface area contributed by atoms with E-state index < -0.39 is 28.4 Å². The molecule has 1 saturated carbocycles. The van der Waals surface area contributed by atoms with Crippen molar-refractivity contribution in [1.29, 1.82) is 0 Å². The van der Waals surface area contributed by atoms with E-state index in [1.165, 1.54) is 0 Å². The topological polar surface area (TPSA) is 120 Å². The van der Waals surface area contributed by atoms with Crippen LogP contribution in [0.3, 0.4) is 0 Å². The number of hydrogen-bond donors (Lipinski definition) is 3. The second-order valence-corrected chi connectivity index (χ2v) is 10.2. The number of quaternary nitrogens is 1. The summed E-state index contributed by atoms with van der Waals surface area (Å²) in [6.45, 7) is 2.78. The molecule has 2 atom stereocenters. The Morgan fingerprint density at radius 3 is 2.47 bits per heavy atom. The number of carbonyl (C=O) groups is 3. The van der Waals surface area contributed by atoms with Gasteiger partial charge in [0.05, 0.1) is 17.8 Å². The Hall–Kier alpha value is -2.33. The number of hydrogen-bond acceptors (Lipinski definition) is 7. The van der Waals surface area contributed by atoms with Gasteiger partial charge in [0.1, 0.15) is 6.54 Å². The zero-order valence-corrected chi connectivity index (χ0v) is 19.5. The number of amides is 3. The standard InChI is InChI=1S/C25H34N4O5/c30-23-9-8-22(24(31)28-23)29(33)15-20-19(25(29)32)2-1-3-21(20)27-14-16-4-6-17(7-5-16)34-18-10-12-26-13-11-18/h1-3,16-18,22,26-27H,4-15H2,(H,28,30,31). The smallest absolute Gasteiger partial charge is 0.347 e. The first-order chi connectivity index (χ1) is 16.4. The fourth-order valence-corrected chi connectivity index (χ4v) is 5.90. The molecule has 3 fully saturated rings. The second kappa shape index (κ2) is 9.73. The van der Waals surface area contributed by atoms with Crippen LogP contribution in [0.5, 0.6) is 0 Å². The highest BCUT2D eigenvalue weighted by Gasteiger charge is 2.50. The van der Waals surface area contributed by atoms with Gasteiger partial charge in [-0.1, -0.05) is 6.07 Å². The fourth-order valence-electron chi connectivity index (χ4n) is 5.90. The van der Waals surface area contributed by atoms with Crippen LogP contribution < -0.4 is 16.0 Å². The van der Waals surface area contributed by atoms with Gasteiger partial charge in [-0.3, -0.25) is 19.6 Å². The molecular weight excluding hydrogens is 436 g/mol. The molecule has 3 N–H and O–H groups in total. The minimum atomic E-state index is -1.24. The average molecular weight is 471 g/mol. The number of rotatable bonds is 6. The minimum Gasteiger partial charge on any atom is -0.624 e. The van der Waals surface area contributed by atoms with Crippen LogP contribution >= 0.6 is 0 Å². The number of nitrogens with one attached hydrogen (secondary N) is 3. The summed E-state index contributed by atoms with van der Waals surface area (Å²) in [5, 5.41) is 22.7. The molecule has 3 aliphatic heterocycles. The largest absolute Gasteiger partial charge is 0.624 e. The van der Waals surface area contributed by atoms with E-state index in [2.05, 4.69) is 16.0 Å². The van der Waals surface area contributed by atoms with Crippen molar-refractivity contribution in [3.05, 3.63) is 34.5 Å². The third kappa shape index (κ3) is 4.62. The van der Waals surface area contributed by atoms with Gasteiger partial charge in [0, 0.05) is 30.6 Å². The molecule has 0 radical (unpaired) electrons. The van der Waals surface area contributed by atoms with Gasteiger partial charge in [0.15, 0.2) is 6.04 Å². The van der Waals surface area contributed by atoms with Gasteiger partial charge in [0.25, 0.3) is 5.91 Å². The van der Waals surface area contributed by atoms with Crippen molar-refractivity contribution in [2.24, 2.45) is 5.92 Å². The van der Waals surface area contributed by atoms with Gasteiger partial charge >= 0.3 is 5.91 Å². The van der Waals surface area contributed by atoms with E-state index >= 15 is 0 Å². The van der Waals surface area contributed by atoms with Crippen molar-refractivity contribution in [3.63, 3.8) is 0 Å². The number of benzene rings is 1. The molecule has 2 saturated heterocycles. The Morgan fingerprint density at radius 1 is 1.00 bits per heavy atom. The monoisotopic (exact) mass is 470 g/mol. The highest BCUT2D eigenvalue weighted by atomic mass is 16.6. The summed E-state index contributed by atoms with van der Waals surface area (Å²) >= 11 is 0. The molecule has 0 bridgehead atoms. The number of carbonyl (C=O) groups excluding carboxylic acids is 3. The lowest BCUT2D eigenvalue weighted by molar-refractivity contribution is -0.825. The molecular formula is C25H34N4O5. The molecule has 9 heteroatoms. The SMILES string of the molecule is O=C1CCC([N+]2([O-])Cc3c(NCC4CCC(OC5CCNCC5)CC4)cccc3C2=O)C(=O)N1. The van der Waals surface area contributed by atoms with Gasteiger partial charge in [-0.25, -0.2) is 4.79 Å². The Labute approximate surface area is 199 Å². The Morgan fingerprint density at radius 2 is 1.74 bits per heavy atom. The van der Waals surface area contributed by atoms with Gasteiger partial charge in [-0.05, 0) is 69.7 Å². The van der Waals surface area contributed by atoms with E-state index in [0.29, 0.717) is 29.3 Å². The summed E-state index contributed by atoms with van der Waals surface area (Å²) in [5.41, 5.74) is 1.85. The number of imide groups is 1. The molecule has 184 valence electrons. The summed E-state index contributed by atoms with van der Waals surface area (Å²) < 4.78 is 5.08. The molecule has 1 aromatic rings. The lowest BCUT2D eigenvalue weighted by atomic mass is 9.87. The van der Waals surface area contributed by atoms with E-state index in [4.69, 9.17) is 4.74 Å². The lowest BCUT2D eigenvalue weighted by Gasteiger charge is -2.42. The summed E-state index contributed by atoms with van der Waals surface area (Å²) in [7, 11) is 0. The van der Waals surface area contributed by atoms with E-state index in [9.17, 15) is 19.6 Å². The van der Waals surface area contributed by atoms with Gasteiger partial charge in [-0.15, -0.1) is 0 Å². The highest BCUT2D eigenvalue weighted by Crippen LogP contribution is 2.38. The summed E-state index contributed by atoms with van der Waals surface area (Å²) in [5.74, 6) is -1.12. The molecule has 0 spiro atoms. The third-order valence-corrected chi connectivity index (χ3v) is 7.90. The maximum absolute atomic E-state index is 13.6. The van der Waals surface area contributed by atoms with Gasteiger partial charge in [-0.2, -0.15) is 0 Å². The molecule has 34 heavy (non-hydrogen) atoms. The Kier molecular flexibility index (Phi) is 6.70. The van der Waals surface area contributed by atoms with Crippen LogP contribution in [0.2, 0.25) is 0 Å². The molecule has 9 nitrogen and oxygen atoms in total. The van der Waals surface area contributed by atoms with Gasteiger partial charge < -0.3 is 20.6 Å². The number of hydroxylamine groups is 3. The van der Waals surface area contributed by atoms with Crippen LogP contribution in [0.4, 0.5) is 5.69 Å². The predicted octanol–water partition coefficient (Wildman–Crippen LogP) is 2.20. The Bertz CT molecular complexity index is 955. The molecule has 1 aliphatic carbocycles. The van der Waals surface area contributed by atoms with Crippen LogP contribution in [0.1, 0.15) is 67.3 Å². The first-order valence-electron chi connectivity index (χ1n) is 12.6. The molecule has 5 rings (SSSR count). The zero-order valence-electron chi connectivity index (χ0n) is 19.5. The van der Waals surface area contributed by atoms with Crippen LogP contribution in [-0.4, -0.2) is 60.3 Å². The molecule has 3 amide bonds.